The van der Waals surface area contributed by atoms with E-state index in [1.165, 1.54) is 5.56 Å². The van der Waals surface area contributed by atoms with Crippen LogP contribution in [0.2, 0.25) is 0 Å². The lowest BCUT2D eigenvalue weighted by atomic mass is 10.0. The monoisotopic (exact) mass is 352 g/mol. The molecule has 5 nitrogen and oxygen atoms in total. The molecule has 0 fully saturated rings. The van der Waals surface area contributed by atoms with Crippen LogP contribution >= 0.6 is 0 Å². The van der Waals surface area contributed by atoms with Gasteiger partial charge in [-0.1, -0.05) is 65.3 Å². The van der Waals surface area contributed by atoms with Crippen LogP contribution in [0.15, 0.2) is 59.8 Å². The molecule has 1 amide bonds. The van der Waals surface area contributed by atoms with Crippen molar-refractivity contribution >= 4 is 11.6 Å². The Labute approximate surface area is 154 Å². The fraction of sp³-hybridized carbons (Fsp3) is 0.333. The minimum absolute atomic E-state index is 0.0593. The first-order valence-electron chi connectivity index (χ1n) is 8.77. The maximum Gasteiger partial charge on any atom is 0.248 e. The van der Waals surface area contributed by atoms with E-state index >= 15 is 0 Å². The molecule has 1 aliphatic rings. The molecule has 136 valence electrons. The number of aryl methyl sites for hydroxylation is 1. The smallest absolute Gasteiger partial charge is 0.248 e. The Morgan fingerprint density at radius 3 is 2.65 bits per heavy atom. The highest BCUT2D eigenvalue weighted by atomic mass is 16.6. The second-order valence-electron chi connectivity index (χ2n) is 6.59. The van der Waals surface area contributed by atoms with Gasteiger partial charge in [0.2, 0.25) is 5.91 Å². The van der Waals surface area contributed by atoms with E-state index in [9.17, 15) is 4.79 Å². The highest BCUT2D eigenvalue weighted by Gasteiger charge is 2.25. The van der Waals surface area contributed by atoms with Crippen molar-refractivity contribution < 1.29 is 14.4 Å². The molecule has 2 aromatic rings. The van der Waals surface area contributed by atoms with Crippen molar-refractivity contribution in [3.05, 3.63) is 71.3 Å². The molecule has 26 heavy (non-hydrogen) atoms. The van der Waals surface area contributed by atoms with Crippen molar-refractivity contribution in [2.75, 3.05) is 20.2 Å². The minimum atomic E-state index is -0.116. The first-order valence-corrected chi connectivity index (χ1v) is 8.77. The van der Waals surface area contributed by atoms with Crippen molar-refractivity contribution in [1.29, 1.82) is 0 Å². The van der Waals surface area contributed by atoms with Gasteiger partial charge < -0.3 is 14.5 Å². The number of carbonyl (C=O) groups is 1. The zero-order valence-electron chi connectivity index (χ0n) is 15.2. The van der Waals surface area contributed by atoms with Gasteiger partial charge in [-0.25, -0.2) is 0 Å². The Bertz CT molecular complexity index is 757. The predicted molar refractivity (Wildman–Crippen MR) is 101 cm³/mol. The summed E-state index contributed by atoms with van der Waals surface area (Å²) in [4.78, 5) is 19.4. The molecule has 1 atom stereocenters. The standard InChI is InChI=1S/C21H24N2O3/c1-16-8-10-18(11-9-16)20-12-19(26-22-20)13-23(2)21(24)15-25-14-17-6-4-3-5-7-17/h3-11,19H,12-15H2,1-2H3. The molecule has 0 aromatic heterocycles. The number of oxime groups is 1. The molecular formula is C21H24N2O3. The van der Waals surface area contributed by atoms with Crippen LogP contribution in [0.1, 0.15) is 23.1 Å². The Morgan fingerprint density at radius 1 is 1.19 bits per heavy atom. The number of carbonyl (C=O) groups excluding carboxylic acids is 1. The molecule has 0 bridgehead atoms. The van der Waals surface area contributed by atoms with E-state index in [2.05, 4.69) is 24.2 Å². The first kappa shape index (κ1) is 18.1. The van der Waals surface area contributed by atoms with E-state index in [1.54, 1.807) is 11.9 Å². The van der Waals surface area contributed by atoms with Crippen molar-refractivity contribution in [2.45, 2.75) is 26.1 Å². The topological polar surface area (TPSA) is 51.1 Å². The zero-order valence-corrected chi connectivity index (χ0v) is 15.2. The Hall–Kier alpha value is -2.66. The molecule has 3 rings (SSSR count). The van der Waals surface area contributed by atoms with Gasteiger partial charge in [-0.05, 0) is 18.1 Å². The third-order valence-corrected chi connectivity index (χ3v) is 4.36. The van der Waals surface area contributed by atoms with E-state index in [4.69, 9.17) is 9.57 Å². The van der Waals surface area contributed by atoms with E-state index in [0.29, 0.717) is 19.6 Å². The average molecular weight is 352 g/mol. The number of benzene rings is 2. The lowest BCUT2D eigenvalue weighted by molar-refractivity contribution is -0.136. The van der Waals surface area contributed by atoms with Crippen molar-refractivity contribution in [3.8, 4) is 0 Å². The quantitative estimate of drug-likeness (QED) is 0.769. The van der Waals surface area contributed by atoms with Crippen LogP contribution in [0.3, 0.4) is 0 Å². The summed E-state index contributed by atoms with van der Waals surface area (Å²) in [6, 6.07) is 18.0. The maximum atomic E-state index is 12.2. The summed E-state index contributed by atoms with van der Waals surface area (Å²) >= 11 is 0. The number of amides is 1. The van der Waals surface area contributed by atoms with Crippen LogP contribution < -0.4 is 0 Å². The SMILES string of the molecule is Cc1ccc(C2=NOC(CN(C)C(=O)COCc3ccccc3)C2)cc1. The molecular weight excluding hydrogens is 328 g/mol. The molecule has 5 heteroatoms. The van der Waals surface area contributed by atoms with E-state index < -0.39 is 0 Å². The van der Waals surface area contributed by atoms with Crippen molar-refractivity contribution in [3.63, 3.8) is 0 Å². The number of rotatable bonds is 7. The van der Waals surface area contributed by atoms with Crippen molar-refractivity contribution in [1.82, 2.24) is 4.90 Å². The molecule has 0 aliphatic carbocycles. The molecule has 0 saturated heterocycles. The summed E-state index contributed by atoms with van der Waals surface area (Å²) in [5.74, 6) is -0.0617. The highest BCUT2D eigenvalue weighted by molar-refractivity contribution is 6.01. The van der Waals surface area contributed by atoms with Gasteiger partial charge in [0, 0.05) is 13.5 Å². The van der Waals surface area contributed by atoms with E-state index in [0.717, 1.165) is 16.8 Å². The van der Waals surface area contributed by atoms with Crippen molar-refractivity contribution in [2.24, 2.45) is 5.16 Å². The van der Waals surface area contributed by atoms with Crippen LogP contribution in [-0.4, -0.2) is 42.8 Å². The van der Waals surface area contributed by atoms with Gasteiger partial charge in [0.05, 0.1) is 18.9 Å². The molecule has 0 N–H and O–H groups in total. The summed E-state index contributed by atoms with van der Waals surface area (Å²) in [7, 11) is 1.77. The summed E-state index contributed by atoms with van der Waals surface area (Å²) in [6.07, 6.45) is 0.584. The molecule has 0 saturated carbocycles. The minimum Gasteiger partial charge on any atom is -0.390 e. The molecule has 1 aliphatic heterocycles. The summed E-state index contributed by atoms with van der Waals surface area (Å²) in [6.45, 7) is 3.04. The van der Waals surface area contributed by atoms with Gasteiger partial charge in [-0.2, -0.15) is 0 Å². The van der Waals surface area contributed by atoms with Crippen LogP contribution in [0.25, 0.3) is 0 Å². The van der Waals surface area contributed by atoms with Gasteiger partial charge in [0.15, 0.2) is 6.10 Å². The number of likely N-dealkylation sites (N-methyl/N-ethyl adjacent to an activating group) is 1. The maximum absolute atomic E-state index is 12.2. The highest BCUT2D eigenvalue weighted by Crippen LogP contribution is 2.18. The zero-order chi connectivity index (χ0) is 18.4. The number of nitrogens with zero attached hydrogens (tertiary/aromatic N) is 2. The van der Waals surface area contributed by atoms with Gasteiger partial charge in [-0.3, -0.25) is 4.79 Å². The van der Waals surface area contributed by atoms with Crippen LogP contribution in [0.5, 0.6) is 0 Å². The normalized spacial score (nSPS) is 16.1. The third-order valence-electron chi connectivity index (χ3n) is 4.36. The van der Waals surface area contributed by atoms with Crippen LogP contribution in [0, 0.1) is 6.92 Å². The fourth-order valence-electron chi connectivity index (χ4n) is 2.79. The molecule has 0 spiro atoms. The Kier molecular flexibility index (Phi) is 6.02. The Balaban J connectivity index is 1.41. The first-order chi connectivity index (χ1) is 12.6. The van der Waals surface area contributed by atoms with Gasteiger partial charge in [0.25, 0.3) is 0 Å². The third kappa shape index (κ3) is 4.92. The molecule has 2 aromatic carbocycles. The van der Waals surface area contributed by atoms with E-state index in [1.807, 2.05) is 42.5 Å². The number of ether oxygens (including phenoxy) is 1. The lowest BCUT2D eigenvalue weighted by Crippen LogP contribution is -2.36. The predicted octanol–water partition coefficient (Wildman–Crippen LogP) is 3.16. The van der Waals surface area contributed by atoms with E-state index in [-0.39, 0.29) is 18.6 Å². The summed E-state index contributed by atoms with van der Waals surface area (Å²) in [5.41, 5.74) is 4.26. The average Bonchev–Trinajstić information content (AvgIpc) is 3.11. The fourth-order valence-corrected chi connectivity index (χ4v) is 2.79. The number of hydrogen-bond donors (Lipinski definition) is 0. The molecule has 1 heterocycles. The van der Waals surface area contributed by atoms with Crippen LogP contribution in [-0.2, 0) is 21.0 Å². The second-order valence-corrected chi connectivity index (χ2v) is 6.59. The van der Waals surface area contributed by atoms with Gasteiger partial charge >= 0.3 is 0 Å². The summed E-state index contributed by atoms with van der Waals surface area (Å²) in [5, 5.41) is 4.18. The largest absolute Gasteiger partial charge is 0.390 e. The van der Waals surface area contributed by atoms with Gasteiger partial charge in [0.1, 0.15) is 6.61 Å². The van der Waals surface area contributed by atoms with Gasteiger partial charge in [-0.15, -0.1) is 0 Å². The van der Waals surface area contributed by atoms with Crippen LogP contribution in [0.4, 0.5) is 0 Å². The molecule has 0 radical (unpaired) electrons. The lowest BCUT2D eigenvalue weighted by Gasteiger charge is -2.20. The number of hydrogen-bond acceptors (Lipinski definition) is 4. The summed E-state index contributed by atoms with van der Waals surface area (Å²) < 4.78 is 5.51. The molecule has 1 unspecified atom stereocenters. The second kappa shape index (κ2) is 8.63. The Morgan fingerprint density at radius 2 is 1.92 bits per heavy atom.